The monoisotopic (exact) mass is 350 g/mol. The van der Waals surface area contributed by atoms with Crippen LogP contribution in [0.5, 0.6) is 5.75 Å². The molecule has 0 saturated heterocycles. The summed E-state index contributed by atoms with van der Waals surface area (Å²) in [4.78, 5) is 10.4. The van der Waals surface area contributed by atoms with Crippen molar-refractivity contribution in [3.8, 4) is 5.75 Å². The van der Waals surface area contributed by atoms with Crippen LogP contribution in [0.4, 0.5) is 5.95 Å². The Morgan fingerprint density at radius 1 is 1.25 bits per heavy atom. The molecule has 2 rings (SSSR count). The van der Waals surface area contributed by atoms with Gasteiger partial charge in [0.05, 0.1) is 23.7 Å². The van der Waals surface area contributed by atoms with Gasteiger partial charge in [-0.25, -0.2) is 23.1 Å². The third kappa shape index (κ3) is 4.42. The molecular weight excluding hydrogens is 328 g/mol. The second kappa shape index (κ2) is 7.59. The lowest BCUT2D eigenvalue weighted by Gasteiger charge is -2.12. The molecule has 24 heavy (non-hydrogen) atoms. The highest BCUT2D eigenvalue weighted by molar-refractivity contribution is 7.89. The second-order valence-corrected chi connectivity index (χ2v) is 7.19. The smallest absolute Gasteiger partial charge is 0.240 e. The lowest BCUT2D eigenvalue weighted by molar-refractivity contribution is 0.337. The standard InChI is InChI=1S/C16H22N4O3S/c1-5-23-15-7-6-14(10-12(15)2)24(21,22)18-11-13-8-9-17-16(19-13)20(3)4/h6-10,18H,5,11H2,1-4H3. The topological polar surface area (TPSA) is 84.4 Å². The van der Waals surface area contributed by atoms with Crippen molar-refractivity contribution in [3.05, 3.63) is 41.7 Å². The summed E-state index contributed by atoms with van der Waals surface area (Å²) in [6.45, 7) is 4.33. The van der Waals surface area contributed by atoms with Crippen molar-refractivity contribution in [2.24, 2.45) is 0 Å². The number of rotatable bonds is 7. The van der Waals surface area contributed by atoms with Gasteiger partial charge in [0.25, 0.3) is 0 Å². The molecule has 0 aliphatic heterocycles. The number of hydrogen-bond donors (Lipinski definition) is 1. The molecule has 0 radical (unpaired) electrons. The normalized spacial score (nSPS) is 11.3. The van der Waals surface area contributed by atoms with E-state index in [9.17, 15) is 8.42 Å². The van der Waals surface area contributed by atoms with Crippen molar-refractivity contribution < 1.29 is 13.2 Å². The third-order valence-corrected chi connectivity index (χ3v) is 4.70. The van der Waals surface area contributed by atoms with Crippen LogP contribution in [0.25, 0.3) is 0 Å². The van der Waals surface area contributed by atoms with E-state index in [1.807, 2.05) is 27.9 Å². The van der Waals surface area contributed by atoms with E-state index >= 15 is 0 Å². The van der Waals surface area contributed by atoms with Gasteiger partial charge in [-0.2, -0.15) is 0 Å². The summed E-state index contributed by atoms with van der Waals surface area (Å²) in [6.07, 6.45) is 1.60. The molecule has 1 aromatic carbocycles. The maximum atomic E-state index is 12.4. The highest BCUT2D eigenvalue weighted by atomic mass is 32.2. The Balaban J connectivity index is 2.14. The van der Waals surface area contributed by atoms with E-state index in [1.165, 1.54) is 6.07 Å². The van der Waals surface area contributed by atoms with Crippen molar-refractivity contribution in [2.75, 3.05) is 25.6 Å². The van der Waals surface area contributed by atoms with E-state index in [2.05, 4.69) is 14.7 Å². The lowest BCUT2D eigenvalue weighted by Crippen LogP contribution is -2.24. The van der Waals surface area contributed by atoms with Crippen molar-refractivity contribution in [2.45, 2.75) is 25.3 Å². The Hall–Kier alpha value is -2.19. The molecule has 1 N–H and O–H groups in total. The van der Waals surface area contributed by atoms with Gasteiger partial charge < -0.3 is 9.64 Å². The number of aromatic nitrogens is 2. The number of sulfonamides is 1. The number of nitrogens with one attached hydrogen (secondary N) is 1. The van der Waals surface area contributed by atoms with Crippen LogP contribution in [-0.4, -0.2) is 39.1 Å². The SMILES string of the molecule is CCOc1ccc(S(=O)(=O)NCc2ccnc(N(C)C)n2)cc1C. The minimum atomic E-state index is -3.63. The minimum Gasteiger partial charge on any atom is -0.494 e. The number of anilines is 1. The fourth-order valence-electron chi connectivity index (χ4n) is 2.06. The average Bonchev–Trinajstić information content (AvgIpc) is 2.55. The molecule has 0 aliphatic carbocycles. The van der Waals surface area contributed by atoms with E-state index < -0.39 is 10.0 Å². The average molecular weight is 350 g/mol. The van der Waals surface area contributed by atoms with Crippen molar-refractivity contribution in [3.63, 3.8) is 0 Å². The molecule has 0 amide bonds. The van der Waals surface area contributed by atoms with Gasteiger partial charge in [0.15, 0.2) is 0 Å². The molecule has 7 nitrogen and oxygen atoms in total. The van der Waals surface area contributed by atoms with E-state index in [0.717, 1.165) is 5.56 Å². The van der Waals surface area contributed by atoms with Gasteiger partial charge in [-0.3, -0.25) is 0 Å². The Labute approximate surface area is 142 Å². The first-order chi connectivity index (χ1) is 11.3. The Morgan fingerprint density at radius 2 is 2.00 bits per heavy atom. The molecule has 130 valence electrons. The van der Waals surface area contributed by atoms with E-state index in [1.54, 1.807) is 29.3 Å². The van der Waals surface area contributed by atoms with Crippen LogP contribution in [0.1, 0.15) is 18.2 Å². The van der Waals surface area contributed by atoms with E-state index in [4.69, 9.17) is 4.74 Å². The van der Waals surface area contributed by atoms with Gasteiger partial charge in [-0.1, -0.05) is 0 Å². The predicted molar refractivity (Wildman–Crippen MR) is 92.7 cm³/mol. The molecule has 0 atom stereocenters. The van der Waals surface area contributed by atoms with Gasteiger partial charge >= 0.3 is 0 Å². The Kier molecular flexibility index (Phi) is 5.74. The van der Waals surface area contributed by atoms with Crippen molar-refractivity contribution in [1.29, 1.82) is 0 Å². The quantitative estimate of drug-likeness (QED) is 0.819. The van der Waals surface area contributed by atoms with E-state index in [0.29, 0.717) is 24.0 Å². The van der Waals surface area contributed by atoms with Crippen LogP contribution in [-0.2, 0) is 16.6 Å². The molecule has 0 unspecified atom stereocenters. The summed E-state index contributed by atoms with van der Waals surface area (Å²) in [5.41, 5.74) is 1.37. The van der Waals surface area contributed by atoms with Gasteiger partial charge in [-0.15, -0.1) is 0 Å². The van der Waals surface area contributed by atoms with Crippen LogP contribution >= 0.6 is 0 Å². The number of aryl methyl sites for hydroxylation is 1. The maximum absolute atomic E-state index is 12.4. The molecule has 0 bridgehead atoms. The zero-order valence-electron chi connectivity index (χ0n) is 14.3. The van der Waals surface area contributed by atoms with Crippen LogP contribution in [0.3, 0.4) is 0 Å². The van der Waals surface area contributed by atoms with Gasteiger partial charge in [-0.05, 0) is 43.7 Å². The zero-order valence-corrected chi connectivity index (χ0v) is 15.1. The molecule has 0 saturated carbocycles. The highest BCUT2D eigenvalue weighted by Crippen LogP contribution is 2.21. The molecule has 0 aliphatic rings. The number of benzene rings is 1. The third-order valence-electron chi connectivity index (χ3n) is 3.30. The van der Waals surface area contributed by atoms with E-state index in [-0.39, 0.29) is 11.4 Å². The molecule has 1 heterocycles. The first-order valence-corrected chi connectivity index (χ1v) is 9.04. The van der Waals surface area contributed by atoms with Crippen LogP contribution in [0.15, 0.2) is 35.4 Å². The van der Waals surface area contributed by atoms with Crippen LogP contribution < -0.4 is 14.4 Å². The summed E-state index contributed by atoms with van der Waals surface area (Å²) in [7, 11) is 0.0254. The van der Waals surface area contributed by atoms with Crippen LogP contribution in [0, 0.1) is 6.92 Å². The number of ether oxygens (including phenoxy) is 1. The summed E-state index contributed by atoms with van der Waals surface area (Å²) >= 11 is 0. The highest BCUT2D eigenvalue weighted by Gasteiger charge is 2.16. The largest absolute Gasteiger partial charge is 0.494 e. The molecule has 8 heteroatoms. The maximum Gasteiger partial charge on any atom is 0.240 e. The molecule has 0 fully saturated rings. The van der Waals surface area contributed by atoms with Crippen molar-refractivity contribution in [1.82, 2.24) is 14.7 Å². The van der Waals surface area contributed by atoms with Gasteiger partial charge in [0.2, 0.25) is 16.0 Å². The van der Waals surface area contributed by atoms with Crippen LogP contribution in [0.2, 0.25) is 0 Å². The van der Waals surface area contributed by atoms with Crippen molar-refractivity contribution >= 4 is 16.0 Å². The summed E-state index contributed by atoms with van der Waals surface area (Å²) in [5, 5.41) is 0. The van der Waals surface area contributed by atoms with Gasteiger partial charge in [0, 0.05) is 20.3 Å². The Morgan fingerprint density at radius 3 is 2.62 bits per heavy atom. The molecule has 1 aromatic heterocycles. The predicted octanol–water partition coefficient (Wildman–Crippen LogP) is 1.73. The van der Waals surface area contributed by atoms with Gasteiger partial charge in [0.1, 0.15) is 5.75 Å². The molecule has 2 aromatic rings. The fourth-order valence-corrected chi connectivity index (χ4v) is 3.14. The first kappa shape index (κ1) is 18.2. The minimum absolute atomic E-state index is 0.0952. The first-order valence-electron chi connectivity index (χ1n) is 7.56. The lowest BCUT2D eigenvalue weighted by atomic mass is 10.2. The summed E-state index contributed by atoms with van der Waals surface area (Å²) < 4.78 is 32.9. The number of nitrogens with zero attached hydrogens (tertiary/aromatic N) is 3. The second-order valence-electron chi connectivity index (χ2n) is 5.43. The summed E-state index contributed by atoms with van der Waals surface area (Å²) in [5.74, 6) is 1.21. The molecule has 0 spiro atoms. The number of hydrogen-bond acceptors (Lipinski definition) is 6. The fraction of sp³-hybridized carbons (Fsp3) is 0.375. The Bertz CT molecular complexity index is 807. The zero-order chi connectivity index (χ0) is 17.7. The molecular formula is C16H22N4O3S. The summed E-state index contributed by atoms with van der Waals surface area (Å²) in [6, 6.07) is 6.48.